The zero-order valence-corrected chi connectivity index (χ0v) is 22.9. The van der Waals surface area contributed by atoms with E-state index in [4.69, 9.17) is 14.5 Å². The number of esters is 1. The van der Waals surface area contributed by atoms with Gasteiger partial charge in [-0.25, -0.2) is 4.98 Å². The number of aryl methyl sites for hydroxylation is 1. The number of H-pyrrole nitrogens is 1. The molecule has 0 unspecified atom stereocenters. The number of aromatic nitrogens is 3. The molecule has 8 heteroatoms. The SMILES string of the molecule is Cc1cc(-c2nc3cc(CN[C@H](CC4CC4)C(=O)OC4CCCC4)ccc3n2CC2CCOCC2)c[nH]c1=O. The van der Waals surface area contributed by atoms with Crippen LogP contribution in [0.2, 0.25) is 0 Å². The van der Waals surface area contributed by atoms with Crippen molar-refractivity contribution in [2.24, 2.45) is 11.8 Å². The molecule has 3 aromatic rings. The van der Waals surface area contributed by atoms with Crippen molar-refractivity contribution in [1.82, 2.24) is 19.9 Å². The van der Waals surface area contributed by atoms with Crippen molar-refractivity contribution in [3.63, 3.8) is 0 Å². The molecule has 6 rings (SSSR count). The average Bonchev–Trinajstić information content (AvgIpc) is 3.49. The van der Waals surface area contributed by atoms with Crippen molar-refractivity contribution in [3.8, 4) is 11.4 Å². The Kier molecular flexibility index (Phi) is 7.84. The Morgan fingerprint density at radius 1 is 1.13 bits per heavy atom. The van der Waals surface area contributed by atoms with Crippen LogP contribution < -0.4 is 10.9 Å². The molecular weight excluding hydrogens is 492 g/mol. The number of nitrogens with zero attached hydrogens (tertiary/aromatic N) is 2. The lowest BCUT2D eigenvalue weighted by molar-refractivity contribution is -0.151. The maximum Gasteiger partial charge on any atom is 0.323 e. The lowest BCUT2D eigenvalue weighted by Gasteiger charge is -2.23. The molecule has 1 saturated heterocycles. The number of ether oxygens (including phenoxy) is 2. The first-order chi connectivity index (χ1) is 19.0. The molecule has 2 N–H and O–H groups in total. The molecule has 3 heterocycles. The van der Waals surface area contributed by atoms with Crippen LogP contribution in [0.5, 0.6) is 0 Å². The predicted molar refractivity (Wildman–Crippen MR) is 150 cm³/mol. The lowest BCUT2D eigenvalue weighted by atomic mass is 10.00. The summed E-state index contributed by atoms with van der Waals surface area (Å²) in [6.07, 6.45) is 11.5. The summed E-state index contributed by atoms with van der Waals surface area (Å²) in [4.78, 5) is 33.0. The van der Waals surface area contributed by atoms with Crippen molar-refractivity contribution in [2.75, 3.05) is 13.2 Å². The van der Waals surface area contributed by atoms with Crippen LogP contribution in [-0.4, -0.2) is 45.9 Å². The van der Waals surface area contributed by atoms with Crippen LogP contribution in [0.15, 0.2) is 35.3 Å². The Hall–Kier alpha value is -2.97. The van der Waals surface area contributed by atoms with Crippen molar-refractivity contribution >= 4 is 17.0 Å². The number of carbonyl (C=O) groups excluding carboxylic acids is 1. The summed E-state index contributed by atoms with van der Waals surface area (Å²) < 4.78 is 13.8. The molecule has 0 radical (unpaired) electrons. The topological polar surface area (TPSA) is 98.2 Å². The Morgan fingerprint density at radius 2 is 1.92 bits per heavy atom. The minimum absolute atomic E-state index is 0.0774. The van der Waals surface area contributed by atoms with E-state index >= 15 is 0 Å². The zero-order chi connectivity index (χ0) is 26.8. The van der Waals surface area contributed by atoms with E-state index in [2.05, 4.69) is 33.1 Å². The van der Waals surface area contributed by atoms with Crippen LogP contribution in [0.3, 0.4) is 0 Å². The fourth-order valence-corrected chi connectivity index (χ4v) is 6.05. The molecular formula is C31H40N4O4. The number of hydrogen-bond acceptors (Lipinski definition) is 6. The normalized spacial score (nSPS) is 19.5. The van der Waals surface area contributed by atoms with Crippen LogP contribution in [-0.2, 0) is 27.4 Å². The van der Waals surface area contributed by atoms with Gasteiger partial charge in [-0.05, 0) is 87.5 Å². The van der Waals surface area contributed by atoms with Crippen molar-refractivity contribution < 1.29 is 14.3 Å². The third kappa shape index (κ3) is 6.28. The fourth-order valence-electron chi connectivity index (χ4n) is 6.05. The van der Waals surface area contributed by atoms with E-state index in [0.717, 1.165) is 92.7 Å². The van der Waals surface area contributed by atoms with Gasteiger partial charge in [0.15, 0.2) is 0 Å². The highest BCUT2D eigenvalue weighted by Gasteiger charge is 2.32. The standard InChI is InChI=1S/C31H40N4O4/c1-20-14-24(18-33-30(20)36)29-34-26-16-23(8-9-28(26)35(29)19-22-10-12-38-13-11-22)17-32-27(15-21-6-7-21)31(37)39-25-4-2-3-5-25/h8-9,14,16,18,21-22,25,27,32H,2-7,10-13,15,17,19H2,1H3,(H,33,36)/t27-/m1/s1. The smallest absolute Gasteiger partial charge is 0.323 e. The maximum absolute atomic E-state index is 13.0. The number of aromatic amines is 1. The van der Waals surface area contributed by atoms with Gasteiger partial charge in [-0.2, -0.15) is 0 Å². The first kappa shape index (κ1) is 26.3. The molecule has 2 saturated carbocycles. The quantitative estimate of drug-likeness (QED) is 0.362. The number of fused-ring (bicyclic) bond motifs is 1. The summed E-state index contributed by atoms with van der Waals surface area (Å²) in [6, 6.07) is 8.06. The van der Waals surface area contributed by atoms with Gasteiger partial charge in [0.1, 0.15) is 18.0 Å². The Labute approximate surface area is 229 Å². The summed E-state index contributed by atoms with van der Waals surface area (Å²) in [5.74, 6) is 1.93. The van der Waals surface area contributed by atoms with Crippen LogP contribution in [0.4, 0.5) is 0 Å². The highest BCUT2D eigenvalue weighted by molar-refractivity contribution is 5.81. The van der Waals surface area contributed by atoms with Crippen LogP contribution in [0.25, 0.3) is 22.4 Å². The van der Waals surface area contributed by atoms with Gasteiger partial charge in [-0.3, -0.25) is 9.59 Å². The van der Waals surface area contributed by atoms with Gasteiger partial charge < -0.3 is 24.3 Å². The molecule has 1 aromatic carbocycles. The minimum atomic E-state index is -0.264. The van der Waals surface area contributed by atoms with E-state index in [1.54, 1.807) is 6.20 Å². The fraction of sp³-hybridized carbons (Fsp3) is 0.581. The third-order valence-corrected chi connectivity index (χ3v) is 8.63. The Morgan fingerprint density at radius 3 is 2.67 bits per heavy atom. The predicted octanol–water partition coefficient (Wildman–Crippen LogP) is 4.87. The molecule has 2 aromatic heterocycles. The third-order valence-electron chi connectivity index (χ3n) is 8.63. The molecule has 2 aliphatic carbocycles. The van der Waals surface area contributed by atoms with Crippen LogP contribution in [0, 0.1) is 18.8 Å². The highest BCUT2D eigenvalue weighted by Crippen LogP contribution is 2.34. The summed E-state index contributed by atoms with van der Waals surface area (Å²) in [5, 5.41) is 3.52. The van der Waals surface area contributed by atoms with Gasteiger partial charge in [0.05, 0.1) is 11.0 Å². The maximum atomic E-state index is 13.0. The molecule has 3 aliphatic rings. The summed E-state index contributed by atoms with van der Waals surface area (Å²) >= 11 is 0. The van der Waals surface area contributed by atoms with Crippen LogP contribution >= 0.6 is 0 Å². The highest BCUT2D eigenvalue weighted by atomic mass is 16.5. The van der Waals surface area contributed by atoms with Gasteiger partial charge in [-0.1, -0.05) is 18.9 Å². The molecule has 1 atom stereocenters. The second kappa shape index (κ2) is 11.6. The van der Waals surface area contributed by atoms with E-state index in [1.807, 2.05) is 13.0 Å². The average molecular weight is 533 g/mol. The number of hydrogen-bond donors (Lipinski definition) is 2. The number of carbonyl (C=O) groups is 1. The van der Waals surface area contributed by atoms with Gasteiger partial charge in [0, 0.05) is 43.6 Å². The molecule has 1 aliphatic heterocycles. The van der Waals surface area contributed by atoms with Gasteiger partial charge >= 0.3 is 5.97 Å². The number of imidazole rings is 1. The molecule has 0 amide bonds. The second-order valence-corrected chi connectivity index (χ2v) is 11.8. The molecule has 0 bridgehead atoms. The number of benzene rings is 1. The van der Waals surface area contributed by atoms with Gasteiger partial charge in [0.2, 0.25) is 0 Å². The first-order valence-corrected chi connectivity index (χ1v) is 14.7. The molecule has 208 valence electrons. The lowest BCUT2D eigenvalue weighted by Crippen LogP contribution is -2.39. The van der Waals surface area contributed by atoms with Gasteiger partial charge in [0.25, 0.3) is 5.56 Å². The molecule has 39 heavy (non-hydrogen) atoms. The minimum Gasteiger partial charge on any atom is -0.461 e. The number of rotatable bonds is 10. The summed E-state index contributed by atoms with van der Waals surface area (Å²) in [6.45, 7) is 4.87. The number of pyridine rings is 1. The number of nitrogens with one attached hydrogen (secondary N) is 2. The summed E-state index contributed by atoms with van der Waals surface area (Å²) in [7, 11) is 0. The van der Waals surface area contributed by atoms with Crippen molar-refractivity contribution in [1.29, 1.82) is 0 Å². The van der Waals surface area contributed by atoms with E-state index < -0.39 is 0 Å². The van der Waals surface area contributed by atoms with Crippen LogP contribution in [0.1, 0.15) is 68.9 Å². The Bertz CT molecular complexity index is 1360. The zero-order valence-electron chi connectivity index (χ0n) is 22.9. The Balaban J connectivity index is 1.24. The van der Waals surface area contributed by atoms with Gasteiger partial charge in [-0.15, -0.1) is 0 Å². The second-order valence-electron chi connectivity index (χ2n) is 11.8. The first-order valence-electron chi connectivity index (χ1n) is 14.7. The summed E-state index contributed by atoms with van der Waals surface area (Å²) in [5.41, 5.74) is 4.61. The monoisotopic (exact) mass is 532 g/mol. The van der Waals surface area contributed by atoms with E-state index in [9.17, 15) is 9.59 Å². The van der Waals surface area contributed by atoms with E-state index in [1.165, 1.54) is 12.8 Å². The largest absolute Gasteiger partial charge is 0.461 e. The molecule has 8 nitrogen and oxygen atoms in total. The molecule has 0 spiro atoms. The van der Waals surface area contributed by atoms with E-state index in [-0.39, 0.29) is 23.7 Å². The molecule has 3 fully saturated rings. The van der Waals surface area contributed by atoms with Crippen molar-refractivity contribution in [2.45, 2.75) is 89.9 Å². The van der Waals surface area contributed by atoms with Crippen molar-refractivity contribution in [3.05, 3.63) is 51.9 Å². The van der Waals surface area contributed by atoms with E-state index in [0.29, 0.717) is 23.9 Å².